The fourth-order valence-corrected chi connectivity index (χ4v) is 6.35. The highest BCUT2D eigenvalue weighted by molar-refractivity contribution is 7.89. The van der Waals surface area contributed by atoms with Crippen LogP contribution in [-0.2, 0) is 14.8 Å². The van der Waals surface area contributed by atoms with Crippen molar-refractivity contribution in [1.82, 2.24) is 9.21 Å². The van der Waals surface area contributed by atoms with E-state index >= 15 is 0 Å². The maximum Gasteiger partial charge on any atom is 0.293 e. The standard InChI is InChI=1S/C20H26N4O5S2/c25-24(26)18-14-16(31(27,28)23-9-11-29-12-10-23)5-6-17(18)21-15-19(20-4-3-13-30-20)22-7-1-2-8-22/h3-6,13-14,19,21H,1-2,7-12,15H2. The molecule has 0 aliphatic carbocycles. The summed E-state index contributed by atoms with van der Waals surface area (Å²) in [5.74, 6) is 0. The molecule has 2 aliphatic rings. The molecule has 2 aromatic rings. The number of sulfonamides is 1. The normalized spacial score (nSPS) is 19.4. The Bertz CT molecular complexity index is 1000. The summed E-state index contributed by atoms with van der Waals surface area (Å²) in [6, 6.07) is 8.32. The molecule has 0 bridgehead atoms. The molecule has 2 fully saturated rings. The lowest BCUT2D eigenvalue weighted by Gasteiger charge is -2.27. The summed E-state index contributed by atoms with van der Waals surface area (Å²) >= 11 is 1.67. The molecule has 31 heavy (non-hydrogen) atoms. The first-order chi connectivity index (χ1) is 15.0. The number of hydrogen-bond donors (Lipinski definition) is 1. The Morgan fingerprint density at radius 2 is 1.90 bits per heavy atom. The topological polar surface area (TPSA) is 105 Å². The molecular weight excluding hydrogens is 440 g/mol. The summed E-state index contributed by atoms with van der Waals surface area (Å²) in [6.45, 7) is 3.65. The van der Waals surface area contributed by atoms with Crippen molar-refractivity contribution >= 4 is 32.7 Å². The van der Waals surface area contributed by atoms with Crippen LogP contribution in [0.15, 0.2) is 40.6 Å². The van der Waals surface area contributed by atoms with Gasteiger partial charge in [-0.1, -0.05) is 6.07 Å². The lowest BCUT2D eigenvalue weighted by molar-refractivity contribution is -0.384. The van der Waals surface area contributed by atoms with Crippen molar-refractivity contribution in [1.29, 1.82) is 0 Å². The predicted octanol–water partition coefficient (Wildman–Crippen LogP) is 2.93. The number of likely N-dealkylation sites (tertiary alicyclic amines) is 1. The fourth-order valence-electron chi connectivity index (χ4n) is 4.06. The number of anilines is 1. The van der Waals surface area contributed by atoms with Gasteiger partial charge in [0.25, 0.3) is 5.69 Å². The Kier molecular flexibility index (Phi) is 6.87. The second-order valence-electron chi connectivity index (χ2n) is 7.61. The molecule has 1 aromatic heterocycles. The van der Waals surface area contributed by atoms with Crippen LogP contribution in [0.1, 0.15) is 23.8 Å². The van der Waals surface area contributed by atoms with Gasteiger partial charge in [0, 0.05) is 30.6 Å². The average molecular weight is 467 g/mol. The van der Waals surface area contributed by atoms with Gasteiger partial charge in [-0.05, 0) is 49.5 Å². The number of ether oxygens (including phenoxy) is 1. The number of rotatable bonds is 8. The third-order valence-corrected chi connectivity index (χ3v) is 8.58. The quantitative estimate of drug-likeness (QED) is 0.471. The van der Waals surface area contributed by atoms with Gasteiger partial charge in [0.2, 0.25) is 10.0 Å². The highest BCUT2D eigenvalue weighted by Gasteiger charge is 2.30. The molecule has 2 aliphatic heterocycles. The Balaban J connectivity index is 1.56. The number of hydrogen-bond acceptors (Lipinski definition) is 8. The SMILES string of the molecule is O=[N+]([O-])c1cc(S(=O)(=O)N2CCOCC2)ccc1NCC(c1cccs1)N1CCCC1. The minimum atomic E-state index is -3.80. The van der Waals surface area contributed by atoms with Crippen LogP contribution in [-0.4, -0.2) is 68.5 Å². The van der Waals surface area contributed by atoms with Crippen LogP contribution in [0.5, 0.6) is 0 Å². The fraction of sp³-hybridized carbons (Fsp3) is 0.500. The molecule has 11 heteroatoms. The third kappa shape index (κ3) is 4.90. The van der Waals surface area contributed by atoms with Gasteiger partial charge in [0.15, 0.2) is 0 Å². The molecule has 0 saturated carbocycles. The van der Waals surface area contributed by atoms with Gasteiger partial charge >= 0.3 is 0 Å². The van der Waals surface area contributed by atoms with E-state index in [-0.39, 0.29) is 29.7 Å². The average Bonchev–Trinajstić information content (AvgIpc) is 3.49. The van der Waals surface area contributed by atoms with E-state index < -0.39 is 14.9 Å². The number of nitrogens with zero attached hydrogens (tertiary/aromatic N) is 3. The van der Waals surface area contributed by atoms with E-state index in [1.54, 1.807) is 11.3 Å². The zero-order valence-corrected chi connectivity index (χ0v) is 18.7. The van der Waals surface area contributed by atoms with Crippen molar-refractivity contribution < 1.29 is 18.1 Å². The molecule has 9 nitrogen and oxygen atoms in total. The summed E-state index contributed by atoms with van der Waals surface area (Å²) in [5.41, 5.74) is 0.0902. The van der Waals surface area contributed by atoms with E-state index in [9.17, 15) is 18.5 Å². The Labute approximate surface area is 185 Å². The molecule has 0 spiro atoms. The van der Waals surface area contributed by atoms with Crippen LogP contribution in [0.4, 0.5) is 11.4 Å². The highest BCUT2D eigenvalue weighted by atomic mass is 32.2. The van der Waals surface area contributed by atoms with Gasteiger partial charge in [-0.15, -0.1) is 11.3 Å². The van der Waals surface area contributed by atoms with Crippen LogP contribution < -0.4 is 5.32 Å². The molecule has 168 valence electrons. The Hall–Kier alpha value is -2.05. The Morgan fingerprint density at radius 3 is 2.55 bits per heavy atom. The van der Waals surface area contributed by atoms with Gasteiger partial charge < -0.3 is 10.1 Å². The molecule has 4 rings (SSSR count). The lowest BCUT2D eigenvalue weighted by atomic mass is 10.2. The lowest BCUT2D eigenvalue weighted by Crippen LogP contribution is -2.40. The summed E-state index contributed by atoms with van der Waals surface area (Å²) in [6.07, 6.45) is 2.30. The monoisotopic (exact) mass is 466 g/mol. The molecule has 1 N–H and O–H groups in total. The van der Waals surface area contributed by atoms with Gasteiger partial charge in [0.05, 0.1) is 29.1 Å². The third-order valence-electron chi connectivity index (χ3n) is 5.71. The van der Waals surface area contributed by atoms with E-state index in [1.165, 1.54) is 21.3 Å². The van der Waals surface area contributed by atoms with E-state index in [2.05, 4.69) is 16.3 Å². The van der Waals surface area contributed by atoms with Crippen molar-refractivity contribution in [2.45, 2.75) is 23.8 Å². The highest BCUT2D eigenvalue weighted by Crippen LogP contribution is 2.32. The maximum absolute atomic E-state index is 12.9. The van der Waals surface area contributed by atoms with Gasteiger partial charge in [-0.25, -0.2) is 8.42 Å². The first-order valence-electron chi connectivity index (χ1n) is 10.3. The molecular formula is C20H26N4O5S2. The van der Waals surface area contributed by atoms with E-state index in [0.717, 1.165) is 32.0 Å². The molecule has 0 amide bonds. The van der Waals surface area contributed by atoms with Gasteiger partial charge in [-0.3, -0.25) is 15.0 Å². The van der Waals surface area contributed by atoms with Gasteiger partial charge in [0.1, 0.15) is 5.69 Å². The number of nitro benzene ring substituents is 1. The zero-order chi connectivity index (χ0) is 21.8. The van der Waals surface area contributed by atoms with Crippen molar-refractivity contribution in [3.8, 4) is 0 Å². The molecule has 1 aromatic carbocycles. The smallest absolute Gasteiger partial charge is 0.293 e. The van der Waals surface area contributed by atoms with Crippen molar-refractivity contribution in [2.24, 2.45) is 0 Å². The second-order valence-corrected chi connectivity index (χ2v) is 10.5. The first kappa shape index (κ1) is 22.2. The van der Waals surface area contributed by atoms with E-state index in [0.29, 0.717) is 25.4 Å². The van der Waals surface area contributed by atoms with Crippen LogP contribution in [0.3, 0.4) is 0 Å². The number of thiophene rings is 1. The molecule has 2 saturated heterocycles. The molecule has 0 radical (unpaired) electrons. The molecule has 3 heterocycles. The van der Waals surface area contributed by atoms with Crippen LogP contribution in [0.25, 0.3) is 0 Å². The minimum Gasteiger partial charge on any atom is -0.379 e. The predicted molar refractivity (Wildman–Crippen MR) is 119 cm³/mol. The summed E-state index contributed by atoms with van der Waals surface area (Å²) in [7, 11) is -3.80. The number of morpholine rings is 1. The van der Waals surface area contributed by atoms with E-state index in [1.807, 2.05) is 11.4 Å². The zero-order valence-electron chi connectivity index (χ0n) is 17.1. The van der Waals surface area contributed by atoms with Crippen LogP contribution in [0.2, 0.25) is 0 Å². The Morgan fingerprint density at radius 1 is 1.16 bits per heavy atom. The van der Waals surface area contributed by atoms with Crippen LogP contribution >= 0.6 is 11.3 Å². The summed E-state index contributed by atoms with van der Waals surface area (Å²) in [4.78, 5) is 14.7. The minimum absolute atomic E-state index is 0.0685. The maximum atomic E-state index is 12.9. The number of nitrogens with one attached hydrogen (secondary N) is 1. The van der Waals surface area contributed by atoms with Crippen molar-refractivity contribution in [3.63, 3.8) is 0 Å². The van der Waals surface area contributed by atoms with Crippen molar-refractivity contribution in [3.05, 3.63) is 50.7 Å². The summed E-state index contributed by atoms with van der Waals surface area (Å²) < 4.78 is 32.3. The second kappa shape index (κ2) is 9.61. The van der Waals surface area contributed by atoms with Crippen LogP contribution in [0, 0.1) is 10.1 Å². The molecule has 1 atom stereocenters. The van der Waals surface area contributed by atoms with Crippen molar-refractivity contribution in [2.75, 3.05) is 51.3 Å². The number of nitro groups is 1. The number of benzene rings is 1. The molecule has 1 unspecified atom stereocenters. The first-order valence-corrected chi connectivity index (χ1v) is 12.7. The summed E-state index contributed by atoms with van der Waals surface area (Å²) in [5, 5.41) is 17.0. The largest absolute Gasteiger partial charge is 0.379 e. The van der Waals surface area contributed by atoms with Gasteiger partial charge in [-0.2, -0.15) is 4.31 Å². The van der Waals surface area contributed by atoms with E-state index in [4.69, 9.17) is 4.74 Å².